The van der Waals surface area contributed by atoms with Crippen LogP contribution in [0.25, 0.3) is 17.1 Å². The third kappa shape index (κ3) is 2.56. The zero-order valence-corrected chi connectivity index (χ0v) is 12.1. The average Bonchev–Trinajstić information content (AvgIpc) is 2.90. The zero-order chi connectivity index (χ0) is 13.9. The molecular formula is C16H11BrN2O. The van der Waals surface area contributed by atoms with Crippen molar-refractivity contribution in [2.45, 2.75) is 0 Å². The van der Waals surface area contributed by atoms with Gasteiger partial charge >= 0.3 is 0 Å². The second-order valence-electron chi connectivity index (χ2n) is 4.33. The molecule has 3 nitrogen and oxygen atoms in total. The first-order valence-corrected chi connectivity index (χ1v) is 6.93. The maximum Gasteiger partial charge on any atom is 0.256 e. The summed E-state index contributed by atoms with van der Waals surface area (Å²) in [5, 5.41) is 0. The van der Waals surface area contributed by atoms with Gasteiger partial charge in [-0.1, -0.05) is 40.2 Å². The lowest BCUT2D eigenvalue weighted by Gasteiger charge is -1.98. The molecular weight excluding hydrogens is 316 g/mol. The lowest BCUT2D eigenvalue weighted by molar-refractivity contribution is 0.0974. The molecule has 3 aromatic rings. The fourth-order valence-electron chi connectivity index (χ4n) is 1.96. The molecule has 0 amide bonds. The molecule has 4 heteroatoms. The summed E-state index contributed by atoms with van der Waals surface area (Å²) in [4.78, 5) is 16.4. The van der Waals surface area contributed by atoms with Crippen LogP contribution in [0.2, 0.25) is 0 Å². The van der Waals surface area contributed by atoms with Crippen LogP contribution >= 0.6 is 15.9 Å². The molecule has 1 aromatic heterocycles. The van der Waals surface area contributed by atoms with E-state index in [9.17, 15) is 4.79 Å². The quantitative estimate of drug-likeness (QED) is 0.663. The molecule has 1 heterocycles. The SMILES string of the molecule is O=C(/C=C/c1ccc(Br)cc1)n1cnc2ccccc21. The first-order chi connectivity index (χ1) is 9.74. The molecule has 0 saturated carbocycles. The number of hydrogen-bond acceptors (Lipinski definition) is 2. The van der Waals surface area contributed by atoms with Gasteiger partial charge < -0.3 is 0 Å². The number of benzene rings is 2. The van der Waals surface area contributed by atoms with E-state index in [0.29, 0.717) is 0 Å². The van der Waals surface area contributed by atoms with Gasteiger partial charge in [-0.05, 0) is 35.9 Å². The molecule has 2 aromatic carbocycles. The maximum absolute atomic E-state index is 12.2. The van der Waals surface area contributed by atoms with E-state index in [1.54, 1.807) is 23.0 Å². The Kier molecular flexibility index (Phi) is 3.48. The van der Waals surface area contributed by atoms with Crippen LogP contribution in [0, 0.1) is 0 Å². The van der Waals surface area contributed by atoms with Crippen LogP contribution in [-0.4, -0.2) is 15.5 Å². The highest BCUT2D eigenvalue weighted by Crippen LogP contribution is 2.13. The van der Waals surface area contributed by atoms with Gasteiger partial charge in [0.05, 0.1) is 11.0 Å². The lowest BCUT2D eigenvalue weighted by atomic mass is 10.2. The summed E-state index contributed by atoms with van der Waals surface area (Å²) >= 11 is 3.38. The number of nitrogens with zero attached hydrogens (tertiary/aromatic N) is 2. The van der Waals surface area contributed by atoms with Crippen molar-refractivity contribution in [3.63, 3.8) is 0 Å². The van der Waals surface area contributed by atoms with E-state index in [1.807, 2.05) is 48.5 Å². The third-order valence-electron chi connectivity index (χ3n) is 2.98. The van der Waals surface area contributed by atoms with E-state index in [-0.39, 0.29) is 5.91 Å². The Bertz CT molecular complexity index is 788. The van der Waals surface area contributed by atoms with Crippen molar-refractivity contribution in [1.82, 2.24) is 9.55 Å². The molecule has 0 aliphatic rings. The molecule has 0 unspecified atom stereocenters. The number of allylic oxidation sites excluding steroid dienone is 1. The van der Waals surface area contributed by atoms with Gasteiger partial charge in [0.2, 0.25) is 0 Å². The molecule has 0 aliphatic heterocycles. The van der Waals surface area contributed by atoms with Crippen LogP contribution < -0.4 is 0 Å². The van der Waals surface area contributed by atoms with Crippen molar-refractivity contribution >= 4 is 38.9 Å². The van der Waals surface area contributed by atoms with Crippen LogP contribution in [0.5, 0.6) is 0 Å². The lowest BCUT2D eigenvalue weighted by Crippen LogP contribution is -2.05. The van der Waals surface area contributed by atoms with E-state index in [0.717, 1.165) is 21.1 Å². The van der Waals surface area contributed by atoms with Crippen molar-refractivity contribution in [3.8, 4) is 0 Å². The van der Waals surface area contributed by atoms with E-state index in [2.05, 4.69) is 20.9 Å². The van der Waals surface area contributed by atoms with E-state index in [4.69, 9.17) is 0 Å². The molecule has 0 radical (unpaired) electrons. The van der Waals surface area contributed by atoms with Gasteiger partial charge in [-0.3, -0.25) is 9.36 Å². The molecule has 98 valence electrons. The standard InChI is InChI=1S/C16H11BrN2O/c17-13-8-5-12(6-9-13)7-10-16(20)19-11-18-14-3-1-2-4-15(14)19/h1-11H/b10-7+. The summed E-state index contributed by atoms with van der Waals surface area (Å²) in [5.41, 5.74) is 2.61. The van der Waals surface area contributed by atoms with Crippen LogP contribution in [0.1, 0.15) is 10.4 Å². The monoisotopic (exact) mass is 326 g/mol. The summed E-state index contributed by atoms with van der Waals surface area (Å²) in [5.74, 6) is -0.110. The van der Waals surface area contributed by atoms with Gasteiger partial charge in [0, 0.05) is 10.5 Å². The third-order valence-corrected chi connectivity index (χ3v) is 3.51. The van der Waals surface area contributed by atoms with E-state index < -0.39 is 0 Å². The number of imidazole rings is 1. The highest BCUT2D eigenvalue weighted by molar-refractivity contribution is 9.10. The Morgan fingerprint density at radius 2 is 1.85 bits per heavy atom. The average molecular weight is 327 g/mol. The van der Waals surface area contributed by atoms with Crippen molar-refractivity contribution < 1.29 is 4.79 Å². The molecule has 0 bridgehead atoms. The fraction of sp³-hybridized carbons (Fsp3) is 0. The minimum atomic E-state index is -0.110. The van der Waals surface area contributed by atoms with Crippen molar-refractivity contribution in [2.24, 2.45) is 0 Å². The number of rotatable bonds is 2. The summed E-state index contributed by atoms with van der Waals surface area (Å²) in [6.07, 6.45) is 4.90. The smallest absolute Gasteiger partial charge is 0.256 e. The predicted octanol–water partition coefficient (Wildman–Crippen LogP) is 4.15. The van der Waals surface area contributed by atoms with Crippen molar-refractivity contribution in [1.29, 1.82) is 0 Å². The Balaban J connectivity index is 1.87. The Morgan fingerprint density at radius 1 is 1.10 bits per heavy atom. The summed E-state index contributed by atoms with van der Waals surface area (Å²) in [7, 11) is 0. The minimum Gasteiger partial charge on any atom is -0.269 e. The minimum absolute atomic E-state index is 0.110. The fourth-order valence-corrected chi connectivity index (χ4v) is 2.22. The number of carbonyl (C=O) groups is 1. The van der Waals surface area contributed by atoms with Crippen LogP contribution in [-0.2, 0) is 0 Å². The van der Waals surface area contributed by atoms with Crippen molar-refractivity contribution in [3.05, 3.63) is 71.0 Å². The molecule has 0 fully saturated rings. The predicted molar refractivity (Wildman–Crippen MR) is 83.5 cm³/mol. The molecule has 20 heavy (non-hydrogen) atoms. The van der Waals surface area contributed by atoms with Gasteiger partial charge in [0.1, 0.15) is 6.33 Å². The Labute approximate surface area is 124 Å². The molecule has 0 atom stereocenters. The molecule has 0 saturated heterocycles. The number of carbonyl (C=O) groups excluding carboxylic acids is 1. The number of hydrogen-bond donors (Lipinski definition) is 0. The highest BCUT2D eigenvalue weighted by Gasteiger charge is 2.06. The van der Waals surface area contributed by atoms with Crippen LogP contribution in [0.3, 0.4) is 0 Å². The maximum atomic E-state index is 12.2. The Morgan fingerprint density at radius 3 is 2.65 bits per heavy atom. The number of aromatic nitrogens is 2. The van der Waals surface area contributed by atoms with Gasteiger partial charge in [0.25, 0.3) is 5.91 Å². The molecule has 0 aliphatic carbocycles. The number of halogens is 1. The highest BCUT2D eigenvalue weighted by atomic mass is 79.9. The van der Waals surface area contributed by atoms with Crippen molar-refractivity contribution in [2.75, 3.05) is 0 Å². The molecule has 0 N–H and O–H groups in total. The topological polar surface area (TPSA) is 34.9 Å². The second-order valence-corrected chi connectivity index (χ2v) is 5.24. The first-order valence-electron chi connectivity index (χ1n) is 6.14. The summed E-state index contributed by atoms with van der Waals surface area (Å²) in [6.45, 7) is 0. The molecule has 0 spiro atoms. The summed E-state index contributed by atoms with van der Waals surface area (Å²) in [6, 6.07) is 15.3. The number of para-hydroxylation sites is 2. The van der Waals surface area contributed by atoms with Gasteiger partial charge in [-0.2, -0.15) is 0 Å². The Hall–Kier alpha value is -2.20. The summed E-state index contributed by atoms with van der Waals surface area (Å²) < 4.78 is 2.56. The van der Waals surface area contributed by atoms with Crippen LogP contribution in [0.15, 0.2) is 65.4 Å². The van der Waals surface area contributed by atoms with Gasteiger partial charge in [-0.25, -0.2) is 4.98 Å². The zero-order valence-electron chi connectivity index (χ0n) is 10.5. The first kappa shape index (κ1) is 12.8. The normalized spacial score (nSPS) is 11.2. The van der Waals surface area contributed by atoms with E-state index >= 15 is 0 Å². The van der Waals surface area contributed by atoms with Gasteiger partial charge in [-0.15, -0.1) is 0 Å². The second kappa shape index (κ2) is 5.43. The van der Waals surface area contributed by atoms with E-state index in [1.165, 1.54) is 0 Å². The molecule has 3 rings (SSSR count). The van der Waals surface area contributed by atoms with Gasteiger partial charge in [0.15, 0.2) is 0 Å². The number of fused-ring (bicyclic) bond motifs is 1. The largest absolute Gasteiger partial charge is 0.269 e. The van der Waals surface area contributed by atoms with Crippen LogP contribution in [0.4, 0.5) is 0 Å².